The second-order valence-electron chi connectivity index (χ2n) is 3.83. The lowest BCUT2D eigenvalue weighted by atomic mass is 10.4. The fourth-order valence-corrected chi connectivity index (χ4v) is 1.54. The molecule has 0 aliphatic heterocycles. The molecule has 0 aliphatic rings. The van der Waals surface area contributed by atoms with Crippen molar-refractivity contribution in [1.29, 1.82) is 0 Å². The highest BCUT2D eigenvalue weighted by Crippen LogP contribution is 2.20. The molecule has 0 saturated heterocycles. The minimum atomic E-state index is -4.38. The van der Waals surface area contributed by atoms with Crippen molar-refractivity contribution in [3.8, 4) is 5.75 Å². The van der Waals surface area contributed by atoms with E-state index in [0.717, 1.165) is 10.7 Å². The Hall–Kier alpha value is -1.83. The molecule has 0 fully saturated rings. The van der Waals surface area contributed by atoms with Gasteiger partial charge in [-0.25, -0.2) is 9.37 Å². The normalized spacial score (nSPS) is 11.7. The Balaban J connectivity index is 2.04. The summed E-state index contributed by atoms with van der Waals surface area (Å²) in [5.74, 6) is -0.709. The Morgan fingerprint density at radius 3 is 2.75 bits per heavy atom. The fourth-order valence-electron chi connectivity index (χ4n) is 1.43. The van der Waals surface area contributed by atoms with E-state index in [-0.39, 0.29) is 23.2 Å². The van der Waals surface area contributed by atoms with Gasteiger partial charge in [0, 0.05) is 12.3 Å². The Kier molecular flexibility index (Phi) is 4.12. The molecule has 2 aromatic rings. The predicted molar refractivity (Wildman–Crippen MR) is 61.8 cm³/mol. The van der Waals surface area contributed by atoms with E-state index < -0.39 is 18.5 Å². The van der Waals surface area contributed by atoms with Gasteiger partial charge in [0.05, 0.1) is 11.9 Å². The summed E-state index contributed by atoms with van der Waals surface area (Å²) in [6.45, 7) is -1.41. The van der Waals surface area contributed by atoms with Gasteiger partial charge >= 0.3 is 6.18 Å². The molecule has 2 aromatic heterocycles. The van der Waals surface area contributed by atoms with E-state index in [2.05, 4.69) is 10.1 Å². The third kappa shape index (κ3) is 3.83. The topological polar surface area (TPSA) is 39.9 Å². The van der Waals surface area contributed by atoms with E-state index in [4.69, 9.17) is 16.3 Å². The molecule has 0 aliphatic carbocycles. The first-order chi connectivity index (χ1) is 9.35. The first-order valence-electron chi connectivity index (χ1n) is 5.36. The summed E-state index contributed by atoms with van der Waals surface area (Å²) in [6.07, 6.45) is -1.98. The number of pyridine rings is 1. The molecule has 108 valence electrons. The van der Waals surface area contributed by atoms with Crippen molar-refractivity contribution >= 4 is 11.6 Å². The number of aromatic nitrogens is 3. The van der Waals surface area contributed by atoms with Gasteiger partial charge in [-0.2, -0.15) is 18.3 Å². The third-order valence-electron chi connectivity index (χ3n) is 2.29. The number of halogens is 5. The van der Waals surface area contributed by atoms with Crippen molar-refractivity contribution in [2.75, 3.05) is 0 Å². The van der Waals surface area contributed by atoms with Gasteiger partial charge < -0.3 is 4.74 Å². The molecule has 2 rings (SSSR count). The van der Waals surface area contributed by atoms with E-state index in [9.17, 15) is 17.6 Å². The Morgan fingerprint density at radius 1 is 1.35 bits per heavy atom. The summed E-state index contributed by atoms with van der Waals surface area (Å²) in [4.78, 5) is 3.52. The Bertz CT molecular complexity index is 600. The van der Waals surface area contributed by atoms with E-state index in [1.165, 1.54) is 18.5 Å². The lowest BCUT2D eigenvalue weighted by Crippen LogP contribution is -2.21. The minimum absolute atomic E-state index is 0.0617. The number of rotatable bonds is 4. The number of alkyl halides is 3. The van der Waals surface area contributed by atoms with Crippen LogP contribution < -0.4 is 4.74 Å². The van der Waals surface area contributed by atoms with Crippen molar-refractivity contribution in [2.24, 2.45) is 0 Å². The summed E-state index contributed by atoms with van der Waals surface area (Å²) in [5.41, 5.74) is 0.206. The van der Waals surface area contributed by atoms with Crippen LogP contribution in [-0.4, -0.2) is 20.9 Å². The molecule has 0 N–H and O–H groups in total. The summed E-state index contributed by atoms with van der Waals surface area (Å²) < 4.78 is 55.9. The molecule has 0 amide bonds. The van der Waals surface area contributed by atoms with Crippen molar-refractivity contribution in [2.45, 2.75) is 19.3 Å². The second-order valence-corrected chi connectivity index (χ2v) is 4.19. The quantitative estimate of drug-likeness (QED) is 0.643. The summed E-state index contributed by atoms with van der Waals surface area (Å²) in [7, 11) is 0. The lowest BCUT2D eigenvalue weighted by Gasteiger charge is -2.11. The largest absolute Gasteiger partial charge is 0.486 e. The van der Waals surface area contributed by atoms with Gasteiger partial charge in [-0.1, -0.05) is 11.6 Å². The van der Waals surface area contributed by atoms with Crippen molar-refractivity contribution in [3.63, 3.8) is 0 Å². The summed E-state index contributed by atoms with van der Waals surface area (Å²) in [6, 6.07) is 2.38. The van der Waals surface area contributed by atoms with Crippen LogP contribution in [0.4, 0.5) is 17.6 Å². The predicted octanol–water partition coefficient (Wildman–Crippen LogP) is 3.21. The average Bonchev–Trinajstić information content (AvgIpc) is 2.76. The highest BCUT2D eigenvalue weighted by atomic mass is 35.5. The Labute approximate surface area is 115 Å². The molecule has 0 radical (unpaired) electrons. The molecule has 0 spiro atoms. The fraction of sp³-hybridized carbons (Fsp3) is 0.273. The molecule has 0 unspecified atom stereocenters. The smallest absolute Gasteiger partial charge is 0.408 e. The van der Waals surface area contributed by atoms with Gasteiger partial charge in [-0.3, -0.25) is 4.68 Å². The van der Waals surface area contributed by atoms with E-state index in [1.807, 2.05) is 0 Å². The zero-order valence-corrected chi connectivity index (χ0v) is 10.6. The van der Waals surface area contributed by atoms with Gasteiger partial charge in [0.2, 0.25) is 0 Å². The van der Waals surface area contributed by atoms with E-state index in [1.54, 1.807) is 0 Å². The van der Waals surface area contributed by atoms with Crippen LogP contribution in [0.5, 0.6) is 5.75 Å². The lowest BCUT2D eigenvalue weighted by molar-refractivity contribution is -0.143. The number of ether oxygens (including phenoxy) is 1. The highest BCUT2D eigenvalue weighted by Gasteiger charge is 2.29. The molecule has 0 saturated carbocycles. The number of hydrogen-bond acceptors (Lipinski definition) is 3. The number of hydrogen-bond donors (Lipinski definition) is 0. The maximum atomic E-state index is 13.1. The SMILES string of the molecule is Fc1cc(OCc2ccnn2CC(F)(F)F)cnc1Cl. The first kappa shape index (κ1) is 14.6. The molecule has 4 nitrogen and oxygen atoms in total. The van der Waals surface area contributed by atoms with Crippen LogP contribution >= 0.6 is 11.6 Å². The maximum Gasteiger partial charge on any atom is 0.408 e. The van der Waals surface area contributed by atoms with Gasteiger partial charge in [0.15, 0.2) is 11.0 Å². The van der Waals surface area contributed by atoms with Gasteiger partial charge in [0.25, 0.3) is 0 Å². The van der Waals surface area contributed by atoms with Crippen molar-refractivity contribution in [3.05, 3.63) is 41.2 Å². The van der Waals surface area contributed by atoms with Crippen LogP contribution in [0.2, 0.25) is 5.15 Å². The molecule has 20 heavy (non-hydrogen) atoms. The van der Waals surface area contributed by atoms with Gasteiger partial charge in [-0.15, -0.1) is 0 Å². The standard InChI is InChI=1S/C11H8ClF4N3O/c12-10-9(13)3-8(4-17-10)20-5-7-1-2-18-19(7)6-11(14,15)16/h1-4H,5-6H2. The molecule has 0 bridgehead atoms. The van der Waals surface area contributed by atoms with Gasteiger partial charge in [0.1, 0.15) is 18.9 Å². The zero-order valence-electron chi connectivity index (χ0n) is 9.86. The van der Waals surface area contributed by atoms with E-state index >= 15 is 0 Å². The first-order valence-corrected chi connectivity index (χ1v) is 5.74. The van der Waals surface area contributed by atoms with Crippen molar-refractivity contribution < 1.29 is 22.3 Å². The van der Waals surface area contributed by atoms with Crippen molar-refractivity contribution in [1.82, 2.24) is 14.8 Å². The van der Waals surface area contributed by atoms with Gasteiger partial charge in [-0.05, 0) is 6.07 Å². The third-order valence-corrected chi connectivity index (χ3v) is 2.57. The number of nitrogens with zero attached hydrogens (tertiary/aromatic N) is 3. The molecule has 9 heteroatoms. The summed E-state index contributed by atoms with van der Waals surface area (Å²) in [5, 5.41) is 3.25. The van der Waals surface area contributed by atoms with E-state index in [0.29, 0.717) is 0 Å². The molecular weight excluding hydrogens is 302 g/mol. The van der Waals surface area contributed by atoms with Crippen LogP contribution in [-0.2, 0) is 13.2 Å². The molecule has 2 heterocycles. The van der Waals surface area contributed by atoms with Crippen LogP contribution in [0.1, 0.15) is 5.69 Å². The molecule has 0 aromatic carbocycles. The van der Waals surface area contributed by atoms with Crippen LogP contribution in [0, 0.1) is 5.82 Å². The van der Waals surface area contributed by atoms with Crippen LogP contribution in [0.25, 0.3) is 0 Å². The molecular formula is C11H8ClF4N3O. The maximum absolute atomic E-state index is 13.1. The zero-order chi connectivity index (χ0) is 14.8. The second kappa shape index (κ2) is 5.66. The summed E-state index contributed by atoms with van der Waals surface area (Å²) >= 11 is 5.40. The average molecular weight is 310 g/mol. The molecule has 0 atom stereocenters. The minimum Gasteiger partial charge on any atom is -0.486 e. The highest BCUT2D eigenvalue weighted by molar-refractivity contribution is 6.29. The monoisotopic (exact) mass is 309 g/mol. The van der Waals surface area contributed by atoms with Crippen LogP contribution in [0.3, 0.4) is 0 Å². The Morgan fingerprint density at radius 2 is 2.10 bits per heavy atom. The van der Waals surface area contributed by atoms with Crippen LogP contribution in [0.15, 0.2) is 24.5 Å².